The highest BCUT2D eigenvalue weighted by atomic mass is 32.1. The molecule has 0 radical (unpaired) electrons. The molecule has 0 unspecified atom stereocenters. The van der Waals surface area contributed by atoms with Crippen LogP contribution < -0.4 is 5.73 Å². The van der Waals surface area contributed by atoms with Crippen molar-refractivity contribution in [1.82, 2.24) is 4.98 Å². The molecule has 4 fully saturated rings. The number of nitrogens with zero attached hydrogens (tertiary/aromatic N) is 1. The maximum Gasteiger partial charge on any atom is 0.264 e. The van der Waals surface area contributed by atoms with Gasteiger partial charge in [0.25, 0.3) is 6.43 Å². The van der Waals surface area contributed by atoms with E-state index < -0.39 is 6.43 Å². The van der Waals surface area contributed by atoms with Crippen LogP contribution in [-0.2, 0) is 0 Å². The third-order valence-electron chi connectivity index (χ3n) is 6.82. The SMILES string of the molecule is Cc1cc(C(F)F)c2c(N)c(C(=O)C34CC5CC(CC(C5)C3)C4)sc2n1. The highest BCUT2D eigenvalue weighted by Crippen LogP contribution is 2.61. The van der Waals surface area contributed by atoms with E-state index in [4.69, 9.17) is 5.73 Å². The zero-order valence-corrected chi connectivity index (χ0v) is 15.5. The van der Waals surface area contributed by atoms with Crippen molar-refractivity contribution in [3.8, 4) is 0 Å². The van der Waals surface area contributed by atoms with E-state index in [0.717, 1.165) is 19.3 Å². The summed E-state index contributed by atoms with van der Waals surface area (Å²) in [7, 11) is 0. The van der Waals surface area contributed by atoms with E-state index in [9.17, 15) is 13.6 Å². The number of aromatic nitrogens is 1. The molecule has 4 bridgehead atoms. The molecule has 4 aliphatic carbocycles. The van der Waals surface area contributed by atoms with Gasteiger partial charge in [0.15, 0.2) is 5.78 Å². The van der Waals surface area contributed by atoms with E-state index in [1.165, 1.54) is 36.7 Å². The average molecular weight is 376 g/mol. The Hall–Kier alpha value is -1.56. The quantitative estimate of drug-likeness (QED) is 0.717. The van der Waals surface area contributed by atoms with Gasteiger partial charge in [-0.15, -0.1) is 11.3 Å². The molecule has 138 valence electrons. The number of anilines is 1. The molecule has 2 aromatic heterocycles. The summed E-state index contributed by atoms with van der Waals surface area (Å²) in [6.45, 7) is 1.70. The van der Waals surface area contributed by atoms with Gasteiger partial charge in [-0.1, -0.05) is 0 Å². The number of halogens is 2. The first kappa shape index (κ1) is 16.6. The number of aryl methyl sites for hydroxylation is 1. The molecule has 0 spiro atoms. The molecule has 0 atom stereocenters. The molecule has 0 amide bonds. The summed E-state index contributed by atoms with van der Waals surface area (Å²) in [6.07, 6.45) is 3.97. The Kier molecular flexibility index (Phi) is 3.49. The van der Waals surface area contributed by atoms with Crippen molar-refractivity contribution in [2.75, 3.05) is 5.73 Å². The normalized spacial score (nSPS) is 32.7. The Morgan fingerprint density at radius 2 is 1.81 bits per heavy atom. The smallest absolute Gasteiger partial charge is 0.264 e. The summed E-state index contributed by atoms with van der Waals surface area (Å²) in [6, 6.07) is 1.38. The van der Waals surface area contributed by atoms with E-state index in [1.807, 2.05) is 0 Å². The second-order valence-electron chi connectivity index (χ2n) is 8.71. The monoisotopic (exact) mass is 376 g/mol. The predicted octanol–water partition coefficient (Wildman–Crippen LogP) is 5.52. The van der Waals surface area contributed by atoms with Gasteiger partial charge in [-0.25, -0.2) is 13.8 Å². The van der Waals surface area contributed by atoms with Crippen molar-refractivity contribution in [3.05, 3.63) is 22.2 Å². The summed E-state index contributed by atoms with van der Waals surface area (Å²) >= 11 is 1.21. The minimum absolute atomic E-state index is 0.0926. The number of carbonyl (C=O) groups is 1. The molecular formula is C20H22F2N2OS. The van der Waals surface area contributed by atoms with Crippen molar-refractivity contribution in [2.45, 2.75) is 51.9 Å². The molecule has 26 heavy (non-hydrogen) atoms. The number of rotatable bonds is 3. The lowest BCUT2D eigenvalue weighted by Crippen LogP contribution is -2.49. The lowest BCUT2D eigenvalue weighted by atomic mass is 9.48. The zero-order valence-electron chi connectivity index (χ0n) is 14.7. The summed E-state index contributed by atoms with van der Waals surface area (Å²) in [5, 5.41) is 0.281. The zero-order chi connectivity index (χ0) is 18.2. The number of pyridine rings is 1. The fourth-order valence-corrected chi connectivity index (χ4v) is 7.48. The number of hydrogen-bond acceptors (Lipinski definition) is 4. The van der Waals surface area contributed by atoms with Crippen LogP contribution in [0.25, 0.3) is 10.2 Å². The number of alkyl halides is 2. The standard InChI is InChI=1S/C20H22F2N2OS/c1-9-2-13(18(21)22)14-15(23)16(26-19(14)24-9)17(25)20-6-10-3-11(7-20)5-12(4-10)8-20/h2,10-12,18H,3-8,23H2,1H3. The van der Waals surface area contributed by atoms with Crippen molar-refractivity contribution in [1.29, 1.82) is 0 Å². The number of ketones is 1. The van der Waals surface area contributed by atoms with Gasteiger partial charge in [0.05, 0.1) is 10.6 Å². The first-order chi connectivity index (χ1) is 12.4. The maximum absolute atomic E-state index is 13.6. The topological polar surface area (TPSA) is 56.0 Å². The Balaban J connectivity index is 1.62. The third-order valence-corrected chi connectivity index (χ3v) is 7.92. The molecule has 2 heterocycles. The first-order valence-electron chi connectivity index (χ1n) is 9.39. The van der Waals surface area contributed by atoms with Gasteiger partial charge in [0, 0.05) is 22.1 Å². The highest BCUT2D eigenvalue weighted by molar-refractivity contribution is 7.21. The van der Waals surface area contributed by atoms with E-state index in [1.54, 1.807) is 6.92 Å². The average Bonchev–Trinajstić information content (AvgIpc) is 2.88. The number of Topliss-reactive ketones (excluding diaryl/α,β-unsaturated/α-hetero) is 1. The summed E-state index contributed by atoms with van der Waals surface area (Å²) in [4.78, 5) is 18.9. The van der Waals surface area contributed by atoms with E-state index >= 15 is 0 Å². The summed E-state index contributed by atoms with van der Waals surface area (Å²) in [5.41, 5.74) is 6.59. The van der Waals surface area contributed by atoms with Gasteiger partial charge in [0.1, 0.15) is 4.83 Å². The van der Waals surface area contributed by atoms with E-state index in [-0.39, 0.29) is 27.8 Å². The molecule has 6 heteroatoms. The number of fused-ring (bicyclic) bond motifs is 1. The van der Waals surface area contributed by atoms with Crippen LogP contribution in [0.5, 0.6) is 0 Å². The Morgan fingerprint density at radius 3 is 2.35 bits per heavy atom. The van der Waals surface area contributed by atoms with Crippen molar-refractivity contribution >= 4 is 33.0 Å². The maximum atomic E-state index is 13.6. The predicted molar refractivity (Wildman–Crippen MR) is 98.7 cm³/mol. The number of carbonyl (C=O) groups excluding carboxylic acids is 1. The lowest BCUT2D eigenvalue weighted by Gasteiger charge is -2.55. The molecule has 2 aromatic rings. The molecule has 0 aromatic carbocycles. The molecule has 2 N–H and O–H groups in total. The largest absolute Gasteiger partial charge is 0.397 e. The van der Waals surface area contributed by atoms with Crippen LogP contribution in [0.3, 0.4) is 0 Å². The number of nitrogen functional groups attached to an aromatic ring is 1. The highest BCUT2D eigenvalue weighted by Gasteiger charge is 2.55. The lowest BCUT2D eigenvalue weighted by molar-refractivity contribution is -0.0350. The molecule has 0 saturated heterocycles. The number of hydrogen-bond donors (Lipinski definition) is 1. The van der Waals surface area contributed by atoms with Crippen LogP contribution in [-0.4, -0.2) is 10.8 Å². The molecule has 3 nitrogen and oxygen atoms in total. The van der Waals surface area contributed by atoms with Crippen LogP contribution in [0.4, 0.5) is 14.5 Å². The molecule has 6 rings (SSSR count). The van der Waals surface area contributed by atoms with E-state index in [0.29, 0.717) is 33.2 Å². The van der Waals surface area contributed by atoms with Crippen LogP contribution in [0.2, 0.25) is 0 Å². The third kappa shape index (κ3) is 2.27. The van der Waals surface area contributed by atoms with Gasteiger partial charge in [0.2, 0.25) is 0 Å². The number of thiophene rings is 1. The van der Waals surface area contributed by atoms with Gasteiger partial charge in [-0.05, 0) is 69.3 Å². The second-order valence-corrected chi connectivity index (χ2v) is 9.70. The molecular weight excluding hydrogens is 354 g/mol. The fourth-order valence-electron chi connectivity index (χ4n) is 6.25. The van der Waals surface area contributed by atoms with Gasteiger partial charge in [-0.3, -0.25) is 4.79 Å². The minimum atomic E-state index is -2.63. The molecule has 4 aliphatic rings. The first-order valence-corrected chi connectivity index (χ1v) is 10.2. The fraction of sp³-hybridized carbons (Fsp3) is 0.600. The van der Waals surface area contributed by atoms with E-state index in [2.05, 4.69) is 4.98 Å². The van der Waals surface area contributed by atoms with Crippen molar-refractivity contribution < 1.29 is 13.6 Å². The summed E-state index contributed by atoms with van der Waals surface area (Å²) in [5.74, 6) is 2.04. The summed E-state index contributed by atoms with van der Waals surface area (Å²) < 4.78 is 27.0. The second kappa shape index (κ2) is 5.47. The molecule has 4 saturated carbocycles. The Bertz CT molecular complexity index is 885. The number of nitrogens with two attached hydrogens (primary N) is 1. The van der Waals surface area contributed by atoms with Gasteiger partial charge >= 0.3 is 0 Å². The van der Waals surface area contributed by atoms with Gasteiger partial charge < -0.3 is 5.73 Å². The van der Waals surface area contributed by atoms with Crippen LogP contribution >= 0.6 is 11.3 Å². The van der Waals surface area contributed by atoms with Crippen LogP contribution in [0, 0.1) is 30.1 Å². The molecule has 0 aliphatic heterocycles. The van der Waals surface area contributed by atoms with Crippen molar-refractivity contribution in [3.63, 3.8) is 0 Å². The van der Waals surface area contributed by atoms with Crippen LogP contribution in [0.1, 0.15) is 65.9 Å². The Morgan fingerprint density at radius 1 is 1.23 bits per heavy atom. The minimum Gasteiger partial charge on any atom is -0.397 e. The Labute approximate surface area is 155 Å². The van der Waals surface area contributed by atoms with Crippen LogP contribution in [0.15, 0.2) is 6.07 Å². The van der Waals surface area contributed by atoms with Crippen molar-refractivity contribution in [2.24, 2.45) is 23.2 Å². The van der Waals surface area contributed by atoms with Gasteiger partial charge in [-0.2, -0.15) is 0 Å².